The highest BCUT2D eigenvalue weighted by Gasteiger charge is 1.84. The second kappa shape index (κ2) is 16.4. The predicted octanol–water partition coefficient (Wildman–Crippen LogP) is 0.881. The summed E-state index contributed by atoms with van der Waals surface area (Å²) in [7, 11) is 3.80. The second-order valence-electron chi connectivity index (χ2n) is 1.60. The first-order valence-corrected chi connectivity index (χ1v) is 3.35. The van der Waals surface area contributed by atoms with Gasteiger partial charge in [0.1, 0.15) is 0 Å². The lowest BCUT2D eigenvalue weighted by Gasteiger charge is -2.00. The van der Waals surface area contributed by atoms with E-state index < -0.39 is 0 Å². The lowest BCUT2D eigenvalue weighted by atomic mass is 10.7. The van der Waals surface area contributed by atoms with Crippen LogP contribution in [-0.2, 0) is 14.2 Å². The summed E-state index contributed by atoms with van der Waals surface area (Å²) in [6.07, 6.45) is 0. The van der Waals surface area contributed by atoms with Crippen LogP contribution in [0.3, 0.4) is 0 Å². The first-order valence-electron chi connectivity index (χ1n) is 3.35. The Morgan fingerprint density at radius 1 is 0.818 bits per heavy atom. The third-order valence-corrected chi connectivity index (χ3v) is 0.864. The smallest absolute Gasteiger partial charge is 0.0785 e. The van der Waals surface area contributed by atoms with E-state index >= 15 is 0 Å². The van der Waals surface area contributed by atoms with Gasteiger partial charge in [-0.1, -0.05) is 0 Å². The van der Waals surface area contributed by atoms with Gasteiger partial charge < -0.3 is 14.2 Å². The highest BCUT2D eigenvalue weighted by molar-refractivity contribution is 4.28. The van der Waals surface area contributed by atoms with Crippen molar-refractivity contribution in [1.29, 1.82) is 0 Å². The Labute approximate surface area is 67.4 Å². The molecular weight excluding hydrogens is 151 g/mol. The fourth-order valence-corrected chi connectivity index (χ4v) is 0.387. The molecule has 4 heteroatoms. The Bertz CT molecular complexity index is 47.0. The van der Waals surface area contributed by atoms with Gasteiger partial charge in [0.15, 0.2) is 0 Å². The summed E-state index contributed by atoms with van der Waals surface area (Å²) in [4.78, 5) is 0. The predicted molar refractivity (Wildman–Crippen MR) is 41.6 cm³/mol. The third-order valence-electron chi connectivity index (χ3n) is 0.864. The zero-order valence-corrected chi connectivity index (χ0v) is 7.43. The Morgan fingerprint density at radius 3 is 1.45 bits per heavy atom. The maximum absolute atomic E-state index is 9.50. The van der Waals surface area contributed by atoms with Crippen LogP contribution in [0.2, 0.25) is 0 Å². The van der Waals surface area contributed by atoms with E-state index in [1.54, 1.807) is 14.2 Å². The molecule has 0 aromatic heterocycles. The molecule has 3 nitrogen and oxygen atoms in total. The largest absolute Gasteiger partial charge is 0.382 e. The highest BCUT2D eigenvalue weighted by atomic mass is 19.1. The molecule has 0 aliphatic rings. The van der Waals surface area contributed by atoms with Gasteiger partial charge in [-0.15, -0.1) is 0 Å². The average Bonchev–Trinajstić information content (AvgIpc) is 2.08. The molecule has 0 atom stereocenters. The number of methoxy groups -OCH3 is 2. The number of halogens is 1. The monoisotopic (exact) mass is 168 g/mol. The van der Waals surface area contributed by atoms with Crippen molar-refractivity contribution in [3.63, 3.8) is 0 Å². The second-order valence-corrected chi connectivity index (χ2v) is 1.60. The van der Waals surface area contributed by atoms with Gasteiger partial charge in [-0.05, 0) is 0 Å². The SMILES string of the molecule is CF.COCCOCCOC. The fraction of sp³-hybridized carbons (Fsp3) is 1.00. The van der Waals surface area contributed by atoms with Gasteiger partial charge in [-0.25, -0.2) is 0 Å². The summed E-state index contributed by atoms with van der Waals surface area (Å²) in [5, 5.41) is 0. The van der Waals surface area contributed by atoms with Gasteiger partial charge in [0.2, 0.25) is 0 Å². The number of ether oxygens (including phenoxy) is 3. The molecule has 0 rings (SSSR count). The number of alkyl halides is 1. The van der Waals surface area contributed by atoms with E-state index in [1.165, 1.54) is 0 Å². The van der Waals surface area contributed by atoms with Crippen molar-refractivity contribution < 1.29 is 18.6 Å². The van der Waals surface area contributed by atoms with Crippen molar-refractivity contribution in [2.45, 2.75) is 0 Å². The first kappa shape index (κ1) is 13.4. The summed E-state index contributed by atoms with van der Waals surface area (Å²) < 4.78 is 24.1. The van der Waals surface area contributed by atoms with E-state index in [1.807, 2.05) is 0 Å². The van der Waals surface area contributed by atoms with Crippen LogP contribution in [0.4, 0.5) is 4.39 Å². The minimum absolute atomic E-state index is 0.500. The van der Waals surface area contributed by atoms with Crippen LogP contribution in [-0.4, -0.2) is 47.8 Å². The Kier molecular flexibility index (Phi) is 20.0. The summed E-state index contributed by atoms with van der Waals surface area (Å²) in [6, 6.07) is 0. The third kappa shape index (κ3) is 17.7. The van der Waals surface area contributed by atoms with E-state index in [0.29, 0.717) is 33.6 Å². The molecule has 0 amide bonds. The molecule has 0 heterocycles. The average molecular weight is 168 g/mol. The number of hydrogen-bond acceptors (Lipinski definition) is 3. The van der Waals surface area contributed by atoms with Gasteiger partial charge in [0.25, 0.3) is 0 Å². The van der Waals surface area contributed by atoms with Crippen molar-refractivity contribution in [3.8, 4) is 0 Å². The molecule has 0 bridgehead atoms. The lowest BCUT2D eigenvalue weighted by Crippen LogP contribution is -2.06. The fourth-order valence-electron chi connectivity index (χ4n) is 0.387. The van der Waals surface area contributed by atoms with Crippen LogP contribution in [0.1, 0.15) is 0 Å². The van der Waals surface area contributed by atoms with Crippen LogP contribution in [0.25, 0.3) is 0 Å². The summed E-state index contributed by atoms with van der Waals surface area (Å²) in [6.45, 7) is 2.62. The van der Waals surface area contributed by atoms with Crippen molar-refractivity contribution in [2.24, 2.45) is 0 Å². The van der Waals surface area contributed by atoms with Crippen LogP contribution in [0, 0.1) is 0 Å². The maximum atomic E-state index is 9.50. The molecule has 0 aromatic carbocycles. The van der Waals surface area contributed by atoms with Crippen molar-refractivity contribution >= 4 is 0 Å². The van der Waals surface area contributed by atoms with Crippen LogP contribution < -0.4 is 0 Å². The van der Waals surface area contributed by atoms with Crippen molar-refractivity contribution in [2.75, 3.05) is 47.8 Å². The van der Waals surface area contributed by atoms with Crippen LogP contribution in [0.5, 0.6) is 0 Å². The molecule has 0 unspecified atom stereocenters. The van der Waals surface area contributed by atoms with Gasteiger partial charge in [0.05, 0.1) is 33.6 Å². The molecule has 70 valence electrons. The molecule has 0 aliphatic heterocycles. The molecule has 11 heavy (non-hydrogen) atoms. The quantitative estimate of drug-likeness (QED) is 0.551. The van der Waals surface area contributed by atoms with Crippen LogP contribution >= 0.6 is 0 Å². The molecule has 0 saturated heterocycles. The van der Waals surface area contributed by atoms with E-state index in [0.717, 1.165) is 0 Å². The maximum Gasteiger partial charge on any atom is 0.0785 e. The minimum Gasteiger partial charge on any atom is -0.382 e. The Hall–Kier alpha value is -0.190. The zero-order chi connectivity index (χ0) is 8.95. The standard InChI is InChI=1S/C6H14O3.CH3F/c1-7-3-5-9-6-4-8-2;1-2/h3-6H2,1-2H3;1H3. The molecule has 0 N–H and O–H groups in total. The topological polar surface area (TPSA) is 27.7 Å². The van der Waals surface area contributed by atoms with Crippen LogP contribution in [0.15, 0.2) is 0 Å². The van der Waals surface area contributed by atoms with E-state index in [-0.39, 0.29) is 0 Å². The van der Waals surface area contributed by atoms with Gasteiger partial charge in [-0.2, -0.15) is 0 Å². The van der Waals surface area contributed by atoms with Crippen molar-refractivity contribution in [3.05, 3.63) is 0 Å². The Morgan fingerprint density at radius 2 is 1.18 bits per heavy atom. The normalized spacial score (nSPS) is 8.73. The Balaban J connectivity index is 0. The molecule has 0 aliphatic carbocycles. The molecule has 0 fully saturated rings. The van der Waals surface area contributed by atoms with E-state index in [4.69, 9.17) is 14.2 Å². The molecule has 0 spiro atoms. The lowest BCUT2D eigenvalue weighted by molar-refractivity contribution is 0.0385. The highest BCUT2D eigenvalue weighted by Crippen LogP contribution is 1.75. The first-order chi connectivity index (χ1) is 5.41. The summed E-state index contributed by atoms with van der Waals surface area (Å²) >= 11 is 0. The summed E-state index contributed by atoms with van der Waals surface area (Å²) in [5.74, 6) is 0. The number of rotatable bonds is 6. The van der Waals surface area contributed by atoms with E-state index in [9.17, 15) is 4.39 Å². The van der Waals surface area contributed by atoms with Crippen molar-refractivity contribution in [1.82, 2.24) is 0 Å². The molecule has 0 saturated carbocycles. The number of hydrogen-bond donors (Lipinski definition) is 0. The molecule has 0 radical (unpaired) electrons. The van der Waals surface area contributed by atoms with E-state index in [2.05, 4.69) is 0 Å². The van der Waals surface area contributed by atoms with Gasteiger partial charge >= 0.3 is 0 Å². The summed E-state index contributed by atoms with van der Waals surface area (Å²) in [5.41, 5.74) is 0. The van der Waals surface area contributed by atoms with Gasteiger partial charge in [0, 0.05) is 14.2 Å². The zero-order valence-electron chi connectivity index (χ0n) is 7.43. The van der Waals surface area contributed by atoms with Gasteiger partial charge in [-0.3, -0.25) is 4.39 Å². The molecular formula is C7H17FO3. The molecule has 0 aromatic rings. The minimum atomic E-state index is 0.500.